The average Bonchev–Trinajstić information content (AvgIpc) is 3.26. The standard InChI is InChI=1S/C17H18F5N3O2/c1-8(2)7-9-10(15-23-3-5-26-15)12(14(18)19)25-13(17(20,21)22)11(9)16-24-4-6-27-16/h8,14H,3-7H2,1-2H3. The summed E-state index contributed by atoms with van der Waals surface area (Å²) in [5, 5.41) is 0. The molecule has 27 heavy (non-hydrogen) atoms. The van der Waals surface area contributed by atoms with Gasteiger partial charge in [0.15, 0.2) is 5.69 Å². The number of hydrogen-bond acceptors (Lipinski definition) is 5. The number of rotatable bonds is 5. The Morgan fingerprint density at radius 3 is 1.93 bits per heavy atom. The second-order valence-corrected chi connectivity index (χ2v) is 6.54. The predicted octanol–water partition coefficient (Wildman–Crippen LogP) is 3.79. The van der Waals surface area contributed by atoms with Crippen molar-refractivity contribution in [2.24, 2.45) is 15.9 Å². The quantitative estimate of drug-likeness (QED) is 0.718. The fourth-order valence-electron chi connectivity index (χ4n) is 3.07. The Morgan fingerprint density at radius 1 is 0.963 bits per heavy atom. The topological polar surface area (TPSA) is 56.1 Å². The predicted molar refractivity (Wildman–Crippen MR) is 87.5 cm³/mol. The zero-order valence-corrected chi connectivity index (χ0v) is 14.7. The summed E-state index contributed by atoms with van der Waals surface area (Å²) in [6, 6.07) is 0. The molecule has 0 fully saturated rings. The van der Waals surface area contributed by atoms with Gasteiger partial charge in [-0.2, -0.15) is 13.2 Å². The molecule has 2 aliphatic heterocycles. The SMILES string of the molecule is CC(C)Cc1c(C2=NCCO2)c(C(F)F)nc(C(F)(F)F)c1C1=NCCO1. The van der Waals surface area contributed by atoms with Crippen LogP contribution in [0.2, 0.25) is 0 Å². The minimum atomic E-state index is -4.95. The second-order valence-electron chi connectivity index (χ2n) is 6.54. The lowest BCUT2D eigenvalue weighted by Gasteiger charge is -2.22. The second kappa shape index (κ2) is 7.40. The van der Waals surface area contributed by atoms with Crippen LogP contribution in [0.1, 0.15) is 48.4 Å². The lowest BCUT2D eigenvalue weighted by Crippen LogP contribution is -2.25. The van der Waals surface area contributed by atoms with E-state index in [0.29, 0.717) is 0 Å². The summed E-state index contributed by atoms with van der Waals surface area (Å²) in [6.07, 6.45) is -8.09. The molecule has 3 rings (SSSR count). The van der Waals surface area contributed by atoms with Crippen LogP contribution in [-0.4, -0.2) is 43.1 Å². The van der Waals surface area contributed by atoms with Crippen molar-refractivity contribution in [2.75, 3.05) is 26.3 Å². The van der Waals surface area contributed by atoms with Crippen LogP contribution in [0.5, 0.6) is 0 Å². The average molecular weight is 391 g/mol. The largest absolute Gasteiger partial charge is 0.475 e. The third-order valence-electron chi connectivity index (χ3n) is 4.02. The summed E-state index contributed by atoms with van der Waals surface area (Å²) in [6.45, 7) is 4.28. The van der Waals surface area contributed by atoms with Gasteiger partial charge in [0, 0.05) is 0 Å². The minimum Gasteiger partial charge on any atom is -0.475 e. The molecular weight excluding hydrogens is 373 g/mol. The molecule has 3 heterocycles. The summed E-state index contributed by atoms with van der Waals surface area (Å²) in [5.41, 5.74) is -2.95. The number of hydrogen-bond donors (Lipinski definition) is 0. The van der Waals surface area contributed by atoms with Crippen LogP contribution in [0.25, 0.3) is 0 Å². The summed E-state index contributed by atoms with van der Waals surface area (Å²) in [7, 11) is 0. The van der Waals surface area contributed by atoms with E-state index in [0.717, 1.165) is 0 Å². The van der Waals surface area contributed by atoms with E-state index in [-0.39, 0.29) is 61.6 Å². The smallest absolute Gasteiger partial charge is 0.434 e. The fourth-order valence-corrected chi connectivity index (χ4v) is 3.07. The van der Waals surface area contributed by atoms with Gasteiger partial charge >= 0.3 is 6.18 Å². The molecule has 0 bridgehead atoms. The van der Waals surface area contributed by atoms with Crippen LogP contribution in [0.15, 0.2) is 9.98 Å². The molecule has 0 radical (unpaired) electrons. The van der Waals surface area contributed by atoms with Crippen molar-refractivity contribution in [3.05, 3.63) is 28.1 Å². The summed E-state index contributed by atoms with van der Waals surface area (Å²) in [4.78, 5) is 11.3. The fraction of sp³-hybridized carbons (Fsp3) is 0.588. The van der Waals surface area contributed by atoms with E-state index in [1.807, 2.05) is 0 Å². The number of ether oxygens (including phenoxy) is 2. The molecule has 0 saturated heterocycles. The third-order valence-corrected chi connectivity index (χ3v) is 4.02. The Balaban J connectivity index is 2.39. The Labute approximate surface area is 152 Å². The highest BCUT2D eigenvalue weighted by Gasteiger charge is 2.42. The van der Waals surface area contributed by atoms with Crippen LogP contribution in [0, 0.1) is 5.92 Å². The molecule has 0 N–H and O–H groups in total. The van der Waals surface area contributed by atoms with Crippen LogP contribution in [0.3, 0.4) is 0 Å². The molecule has 0 aliphatic carbocycles. The zero-order chi connectivity index (χ0) is 19.8. The number of nitrogens with zero attached hydrogens (tertiary/aromatic N) is 3. The highest BCUT2D eigenvalue weighted by molar-refractivity contribution is 6.04. The Kier molecular flexibility index (Phi) is 5.34. The summed E-state index contributed by atoms with van der Waals surface area (Å²) < 4.78 is 79.0. The van der Waals surface area contributed by atoms with Crippen LogP contribution in [-0.2, 0) is 22.1 Å². The maximum atomic E-state index is 13.7. The van der Waals surface area contributed by atoms with E-state index in [9.17, 15) is 22.0 Å². The van der Waals surface area contributed by atoms with Crippen molar-refractivity contribution in [3.8, 4) is 0 Å². The molecule has 1 aromatic rings. The maximum Gasteiger partial charge on any atom is 0.434 e. The molecule has 0 aromatic carbocycles. The molecule has 10 heteroatoms. The summed E-state index contributed by atoms with van der Waals surface area (Å²) >= 11 is 0. The zero-order valence-electron chi connectivity index (χ0n) is 14.7. The lowest BCUT2D eigenvalue weighted by atomic mass is 9.90. The number of aliphatic imine (C=N–C) groups is 2. The highest BCUT2D eigenvalue weighted by Crippen LogP contribution is 2.39. The van der Waals surface area contributed by atoms with Crippen LogP contribution < -0.4 is 0 Å². The number of halogens is 5. The van der Waals surface area contributed by atoms with Gasteiger partial charge in [0.25, 0.3) is 6.43 Å². The normalized spacial score (nSPS) is 17.2. The highest BCUT2D eigenvalue weighted by atomic mass is 19.4. The Hall–Kier alpha value is -2.26. The van der Waals surface area contributed by atoms with E-state index in [4.69, 9.17) is 9.47 Å². The van der Waals surface area contributed by atoms with Gasteiger partial charge in [0.05, 0.1) is 24.2 Å². The van der Waals surface area contributed by atoms with Crippen molar-refractivity contribution < 1.29 is 31.4 Å². The summed E-state index contributed by atoms with van der Waals surface area (Å²) in [5.74, 6) is -0.464. The van der Waals surface area contributed by atoms with Crippen LogP contribution in [0.4, 0.5) is 22.0 Å². The van der Waals surface area contributed by atoms with Gasteiger partial charge in [-0.25, -0.2) is 23.7 Å². The Bertz CT molecular complexity index is 788. The molecule has 5 nitrogen and oxygen atoms in total. The Morgan fingerprint density at radius 2 is 1.52 bits per heavy atom. The minimum absolute atomic E-state index is 0.0314. The van der Waals surface area contributed by atoms with Crippen molar-refractivity contribution >= 4 is 11.8 Å². The first-order valence-corrected chi connectivity index (χ1v) is 8.47. The maximum absolute atomic E-state index is 13.7. The van der Waals surface area contributed by atoms with Gasteiger partial charge in [0.1, 0.15) is 18.9 Å². The van der Waals surface area contributed by atoms with Gasteiger partial charge in [-0.3, -0.25) is 0 Å². The number of aromatic nitrogens is 1. The molecule has 0 saturated carbocycles. The van der Waals surface area contributed by atoms with Gasteiger partial charge in [0.2, 0.25) is 11.8 Å². The van der Waals surface area contributed by atoms with E-state index in [1.165, 1.54) is 0 Å². The van der Waals surface area contributed by atoms with E-state index < -0.39 is 29.6 Å². The van der Waals surface area contributed by atoms with E-state index in [2.05, 4.69) is 15.0 Å². The van der Waals surface area contributed by atoms with E-state index in [1.54, 1.807) is 13.8 Å². The monoisotopic (exact) mass is 391 g/mol. The van der Waals surface area contributed by atoms with Gasteiger partial charge < -0.3 is 9.47 Å². The van der Waals surface area contributed by atoms with Crippen molar-refractivity contribution in [1.82, 2.24) is 4.98 Å². The molecule has 2 aliphatic rings. The molecular formula is C17H18F5N3O2. The first kappa shape index (κ1) is 19.5. The van der Waals surface area contributed by atoms with Crippen LogP contribution >= 0.6 is 0 Å². The molecule has 148 valence electrons. The van der Waals surface area contributed by atoms with Gasteiger partial charge in [-0.1, -0.05) is 13.8 Å². The van der Waals surface area contributed by atoms with Gasteiger partial charge in [-0.15, -0.1) is 0 Å². The van der Waals surface area contributed by atoms with Gasteiger partial charge in [-0.05, 0) is 17.9 Å². The molecule has 1 aromatic heterocycles. The molecule has 0 atom stereocenters. The van der Waals surface area contributed by atoms with Crippen molar-refractivity contribution in [3.63, 3.8) is 0 Å². The number of pyridine rings is 1. The molecule has 0 unspecified atom stereocenters. The van der Waals surface area contributed by atoms with E-state index >= 15 is 0 Å². The van der Waals surface area contributed by atoms with Crippen molar-refractivity contribution in [1.29, 1.82) is 0 Å². The number of alkyl halides is 5. The first-order chi connectivity index (χ1) is 12.7. The van der Waals surface area contributed by atoms with Crippen molar-refractivity contribution in [2.45, 2.75) is 32.9 Å². The third kappa shape index (κ3) is 3.89. The molecule has 0 spiro atoms. The lowest BCUT2D eigenvalue weighted by molar-refractivity contribution is -0.141. The first-order valence-electron chi connectivity index (χ1n) is 8.47. The molecule has 0 amide bonds.